The van der Waals surface area contributed by atoms with Crippen LogP contribution in [-0.2, 0) is 11.3 Å². The second kappa shape index (κ2) is 10.1. The van der Waals surface area contributed by atoms with Gasteiger partial charge in [-0.25, -0.2) is 4.98 Å². The first kappa shape index (κ1) is 23.3. The van der Waals surface area contributed by atoms with E-state index in [0.29, 0.717) is 22.9 Å². The Bertz CT molecular complexity index is 1400. The van der Waals surface area contributed by atoms with Gasteiger partial charge in [0.15, 0.2) is 11.2 Å². The van der Waals surface area contributed by atoms with E-state index in [2.05, 4.69) is 49.8 Å². The van der Waals surface area contributed by atoms with Crippen molar-refractivity contribution in [3.63, 3.8) is 0 Å². The van der Waals surface area contributed by atoms with Gasteiger partial charge in [0.2, 0.25) is 0 Å². The normalized spacial score (nSPS) is 15.9. The Labute approximate surface area is 219 Å². The number of carbonyl (C=O) groups is 2. The van der Waals surface area contributed by atoms with Crippen molar-refractivity contribution >= 4 is 34.0 Å². The monoisotopic (exact) mass is 510 g/mol. The van der Waals surface area contributed by atoms with E-state index in [1.54, 1.807) is 34.8 Å². The van der Waals surface area contributed by atoms with Crippen LogP contribution in [0.5, 0.6) is 0 Å². The minimum absolute atomic E-state index is 0.181. The molecule has 2 aliphatic rings. The maximum absolute atomic E-state index is 13.7. The Balaban J connectivity index is 1.26. The zero-order valence-electron chi connectivity index (χ0n) is 20.1. The number of aromatic nitrogens is 2. The van der Waals surface area contributed by atoms with Crippen LogP contribution in [0.2, 0.25) is 0 Å². The first-order valence-electron chi connectivity index (χ1n) is 12.3. The SMILES string of the molecule is O=C(Nc1nccs1)[C@@H](c1ccccn1)N1Cc2ccc(-c3ccc(N4CCNCC4)cc3)cc2C1=O. The van der Waals surface area contributed by atoms with Crippen LogP contribution in [0, 0.1) is 0 Å². The molecule has 2 aromatic heterocycles. The Morgan fingerprint density at radius 3 is 2.51 bits per heavy atom. The number of piperazine rings is 1. The second-order valence-electron chi connectivity index (χ2n) is 9.07. The molecule has 2 aliphatic heterocycles. The fourth-order valence-electron chi connectivity index (χ4n) is 4.93. The number of rotatable bonds is 6. The molecule has 4 heterocycles. The van der Waals surface area contributed by atoms with Crippen molar-refractivity contribution in [2.24, 2.45) is 0 Å². The minimum Gasteiger partial charge on any atom is -0.369 e. The van der Waals surface area contributed by atoms with Crippen LogP contribution >= 0.6 is 11.3 Å². The maximum Gasteiger partial charge on any atom is 0.255 e. The quantitative estimate of drug-likeness (QED) is 0.408. The summed E-state index contributed by atoms with van der Waals surface area (Å²) in [6, 6.07) is 19.0. The van der Waals surface area contributed by atoms with Gasteiger partial charge in [0.1, 0.15) is 0 Å². The standard InChI is InChI=1S/C28H26N6O2S/c35-26(32-28-31-13-16-37-28)25(24-3-1-2-10-30-24)34-18-21-5-4-20(17-23(21)27(34)36)19-6-8-22(9-7-19)33-14-11-29-12-15-33/h1-10,13,16-17,25,29H,11-12,14-15,18H2,(H,31,32,35)/t25-/m1/s1. The molecule has 186 valence electrons. The van der Waals surface area contributed by atoms with Crippen molar-refractivity contribution in [3.05, 3.63) is 95.3 Å². The summed E-state index contributed by atoms with van der Waals surface area (Å²) in [7, 11) is 0. The maximum atomic E-state index is 13.7. The van der Waals surface area contributed by atoms with Crippen LogP contribution in [-0.4, -0.2) is 52.9 Å². The Kier molecular flexibility index (Phi) is 6.38. The Hall–Kier alpha value is -4.08. The summed E-state index contributed by atoms with van der Waals surface area (Å²) in [6.07, 6.45) is 3.26. The molecule has 0 aliphatic carbocycles. The number of pyridine rings is 1. The van der Waals surface area contributed by atoms with Crippen LogP contribution in [0.15, 0.2) is 78.4 Å². The number of hydrogen-bond donors (Lipinski definition) is 2. The number of thiazole rings is 1. The van der Waals surface area contributed by atoms with Gasteiger partial charge >= 0.3 is 0 Å². The predicted octanol–water partition coefficient (Wildman–Crippen LogP) is 3.95. The molecule has 8 nitrogen and oxygen atoms in total. The van der Waals surface area contributed by atoms with Crippen molar-refractivity contribution in [1.82, 2.24) is 20.2 Å². The number of amides is 2. The van der Waals surface area contributed by atoms with Crippen LogP contribution in [0.4, 0.5) is 10.8 Å². The molecule has 0 bridgehead atoms. The predicted molar refractivity (Wildman–Crippen MR) is 145 cm³/mol. The summed E-state index contributed by atoms with van der Waals surface area (Å²) in [5.41, 5.74) is 5.26. The molecule has 2 aromatic carbocycles. The molecule has 1 fully saturated rings. The van der Waals surface area contributed by atoms with E-state index in [4.69, 9.17) is 0 Å². The highest BCUT2D eigenvalue weighted by Gasteiger charge is 2.38. The summed E-state index contributed by atoms with van der Waals surface area (Å²) in [4.78, 5) is 39.5. The van der Waals surface area contributed by atoms with Gasteiger partial charge in [0, 0.05) is 61.7 Å². The molecule has 0 spiro atoms. The van der Waals surface area contributed by atoms with E-state index in [1.165, 1.54) is 17.0 Å². The number of carbonyl (C=O) groups excluding carboxylic acids is 2. The van der Waals surface area contributed by atoms with Crippen molar-refractivity contribution in [3.8, 4) is 11.1 Å². The molecular weight excluding hydrogens is 484 g/mol. The molecule has 0 saturated carbocycles. The van der Waals surface area contributed by atoms with E-state index >= 15 is 0 Å². The minimum atomic E-state index is -0.869. The molecule has 37 heavy (non-hydrogen) atoms. The number of hydrogen-bond acceptors (Lipinski definition) is 7. The first-order valence-corrected chi connectivity index (χ1v) is 13.2. The number of nitrogens with zero attached hydrogens (tertiary/aromatic N) is 4. The van der Waals surface area contributed by atoms with Crippen molar-refractivity contribution < 1.29 is 9.59 Å². The van der Waals surface area contributed by atoms with Gasteiger partial charge in [0.05, 0.1) is 5.69 Å². The molecule has 0 unspecified atom stereocenters. The van der Waals surface area contributed by atoms with E-state index in [9.17, 15) is 9.59 Å². The molecule has 2 N–H and O–H groups in total. The third kappa shape index (κ3) is 4.71. The molecule has 0 radical (unpaired) electrons. The number of nitrogens with one attached hydrogen (secondary N) is 2. The first-order chi connectivity index (χ1) is 18.2. The van der Waals surface area contributed by atoms with Crippen molar-refractivity contribution in [2.45, 2.75) is 12.6 Å². The van der Waals surface area contributed by atoms with Crippen LogP contribution in [0.1, 0.15) is 27.7 Å². The fraction of sp³-hybridized carbons (Fsp3) is 0.214. The number of anilines is 2. The number of fused-ring (bicyclic) bond motifs is 1. The van der Waals surface area contributed by atoms with Gasteiger partial charge in [-0.1, -0.05) is 30.3 Å². The second-order valence-corrected chi connectivity index (χ2v) is 9.97. The molecule has 2 amide bonds. The third-order valence-corrected chi connectivity index (χ3v) is 7.50. The molecule has 9 heteroatoms. The summed E-state index contributed by atoms with van der Waals surface area (Å²) in [5, 5.41) is 8.50. The Morgan fingerprint density at radius 1 is 0.973 bits per heavy atom. The van der Waals surface area contributed by atoms with Gasteiger partial charge in [-0.2, -0.15) is 0 Å². The van der Waals surface area contributed by atoms with Gasteiger partial charge in [-0.3, -0.25) is 19.9 Å². The lowest BCUT2D eigenvalue weighted by Crippen LogP contribution is -2.43. The fourth-order valence-corrected chi connectivity index (χ4v) is 5.46. The van der Waals surface area contributed by atoms with Gasteiger partial charge in [0.25, 0.3) is 11.8 Å². The summed E-state index contributed by atoms with van der Waals surface area (Å²) < 4.78 is 0. The molecule has 4 aromatic rings. The molecular formula is C28H26N6O2S. The van der Waals surface area contributed by atoms with Gasteiger partial charge in [-0.05, 0) is 47.0 Å². The zero-order valence-corrected chi connectivity index (χ0v) is 20.9. The Morgan fingerprint density at radius 2 is 1.78 bits per heavy atom. The van der Waals surface area contributed by atoms with Crippen molar-refractivity contribution in [1.29, 1.82) is 0 Å². The van der Waals surface area contributed by atoms with Crippen molar-refractivity contribution in [2.75, 3.05) is 36.4 Å². The van der Waals surface area contributed by atoms with Crippen LogP contribution in [0.25, 0.3) is 11.1 Å². The lowest BCUT2D eigenvalue weighted by molar-refractivity contribution is -0.121. The van der Waals surface area contributed by atoms with E-state index in [0.717, 1.165) is 42.9 Å². The summed E-state index contributed by atoms with van der Waals surface area (Å²) in [5.74, 6) is -0.516. The largest absolute Gasteiger partial charge is 0.369 e. The third-order valence-electron chi connectivity index (χ3n) is 6.82. The van der Waals surface area contributed by atoms with E-state index in [1.807, 2.05) is 24.3 Å². The zero-order chi connectivity index (χ0) is 25.2. The molecule has 1 atom stereocenters. The van der Waals surface area contributed by atoms with Gasteiger partial charge < -0.3 is 15.1 Å². The van der Waals surface area contributed by atoms with E-state index in [-0.39, 0.29) is 11.8 Å². The van der Waals surface area contributed by atoms with Gasteiger partial charge in [-0.15, -0.1) is 11.3 Å². The average molecular weight is 511 g/mol. The smallest absolute Gasteiger partial charge is 0.255 e. The lowest BCUT2D eigenvalue weighted by atomic mass is 10.00. The highest BCUT2D eigenvalue weighted by Crippen LogP contribution is 2.34. The topological polar surface area (TPSA) is 90.5 Å². The highest BCUT2D eigenvalue weighted by atomic mass is 32.1. The molecule has 1 saturated heterocycles. The lowest BCUT2D eigenvalue weighted by Gasteiger charge is -2.29. The van der Waals surface area contributed by atoms with Crippen LogP contribution in [0.3, 0.4) is 0 Å². The summed E-state index contributed by atoms with van der Waals surface area (Å²) in [6.45, 7) is 4.31. The van der Waals surface area contributed by atoms with Crippen LogP contribution < -0.4 is 15.5 Å². The average Bonchev–Trinajstić information content (AvgIpc) is 3.58. The van der Waals surface area contributed by atoms with E-state index < -0.39 is 6.04 Å². The molecule has 6 rings (SSSR count). The highest BCUT2D eigenvalue weighted by molar-refractivity contribution is 7.13. The summed E-state index contributed by atoms with van der Waals surface area (Å²) >= 11 is 1.33. The number of benzene rings is 2.